The van der Waals surface area contributed by atoms with Gasteiger partial charge >= 0.3 is 0 Å². The third-order valence-corrected chi connectivity index (χ3v) is 4.80. The van der Waals surface area contributed by atoms with Crippen LogP contribution in [0.25, 0.3) is 11.0 Å². The molecule has 0 spiro atoms. The second kappa shape index (κ2) is 7.36. The molecule has 1 amide bonds. The van der Waals surface area contributed by atoms with Crippen LogP contribution < -0.4 is 5.32 Å². The number of anilines is 1. The Labute approximate surface area is 167 Å². The van der Waals surface area contributed by atoms with Crippen molar-refractivity contribution in [3.05, 3.63) is 101 Å². The van der Waals surface area contributed by atoms with Crippen molar-refractivity contribution in [1.82, 2.24) is 0 Å². The Hall–Kier alpha value is -3.73. The third-order valence-electron chi connectivity index (χ3n) is 4.80. The third kappa shape index (κ3) is 3.67. The summed E-state index contributed by atoms with van der Waals surface area (Å²) < 4.78 is 19.1. The molecule has 0 fully saturated rings. The normalized spacial score (nSPS) is 10.9. The van der Waals surface area contributed by atoms with Gasteiger partial charge in [0.1, 0.15) is 11.4 Å². The maximum atomic E-state index is 13.3. The van der Waals surface area contributed by atoms with Gasteiger partial charge in [0.25, 0.3) is 5.91 Å². The van der Waals surface area contributed by atoms with Crippen LogP contribution in [0.4, 0.5) is 10.1 Å². The number of nitrogens with one attached hydrogen (secondary N) is 1. The second-order valence-corrected chi connectivity index (χ2v) is 6.93. The van der Waals surface area contributed by atoms with Gasteiger partial charge in [-0.05, 0) is 50.2 Å². The predicted octanol–water partition coefficient (Wildman–Crippen LogP) is 5.67. The fourth-order valence-electron chi connectivity index (χ4n) is 3.18. The molecule has 0 aliphatic heterocycles. The summed E-state index contributed by atoms with van der Waals surface area (Å²) >= 11 is 0. The molecule has 1 aromatic heterocycles. The van der Waals surface area contributed by atoms with E-state index in [1.54, 1.807) is 36.4 Å². The molecule has 0 aliphatic carbocycles. The lowest BCUT2D eigenvalue weighted by molar-refractivity contribution is 0.101. The molecule has 3 aromatic carbocycles. The van der Waals surface area contributed by atoms with Crippen LogP contribution in [-0.4, -0.2) is 11.7 Å². The van der Waals surface area contributed by atoms with Gasteiger partial charge in [0.15, 0.2) is 5.76 Å². The van der Waals surface area contributed by atoms with Crippen molar-refractivity contribution in [2.24, 2.45) is 0 Å². The summed E-state index contributed by atoms with van der Waals surface area (Å²) in [5.41, 5.74) is 3.64. The van der Waals surface area contributed by atoms with Crippen LogP contribution in [0.5, 0.6) is 0 Å². The zero-order valence-electron chi connectivity index (χ0n) is 16.0. The Balaban J connectivity index is 1.64. The highest BCUT2D eigenvalue weighted by Gasteiger charge is 2.19. The average molecular weight is 387 g/mol. The quantitative estimate of drug-likeness (QED) is 0.459. The van der Waals surface area contributed by atoms with Gasteiger partial charge in [-0.3, -0.25) is 9.59 Å². The Kier molecular flexibility index (Phi) is 4.72. The average Bonchev–Trinajstić information content (AvgIpc) is 3.04. The van der Waals surface area contributed by atoms with Crippen molar-refractivity contribution in [1.29, 1.82) is 0 Å². The maximum absolute atomic E-state index is 13.3. The number of benzene rings is 3. The molecular weight excluding hydrogens is 369 g/mol. The first-order valence-corrected chi connectivity index (χ1v) is 9.14. The minimum absolute atomic E-state index is 0.191. The lowest BCUT2D eigenvalue weighted by atomic mass is 10.0. The highest BCUT2D eigenvalue weighted by molar-refractivity contribution is 6.11. The minimum Gasteiger partial charge on any atom is -0.452 e. The number of ketones is 1. The van der Waals surface area contributed by atoms with E-state index in [4.69, 9.17) is 4.42 Å². The Morgan fingerprint density at radius 3 is 2.38 bits per heavy atom. The zero-order valence-corrected chi connectivity index (χ0v) is 16.0. The molecule has 0 saturated heterocycles. The second-order valence-electron chi connectivity index (χ2n) is 6.93. The fraction of sp³-hybridized carbons (Fsp3) is 0.0833. The van der Waals surface area contributed by atoms with Crippen LogP contribution in [-0.2, 0) is 0 Å². The van der Waals surface area contributed by atoms with Crippen LogP contribution in [0.2, 0.25) is 0 Å². The summed E-state index contributed by atoms with van der Waals surface area (Å²) in [6.07, 6.45) is 0. The molecule has 0 aliphatic rings. The van der Waals surface area contributed by atoms with E-state index in [1.165, 1.54) is 18.2 Å². The van der Waals surface area contributed by atoms with E-state index in [2.05, 4.69) is 5.32 Å². The van der Waals surface area contributed by atoms with Gasteiger partial charge < -0.3 is 9.73 Å². The van der Waals surface area contributed by atoms with E-state index in [0.717, 1.165) is 10.9 Å². The minimum atomic E-state index is -0.474. The lowest BCUT2D eigenvalue weighted by Gasteiger charge is -2.05. The molecule has 1 N–H and O–H groups in total. The number of aryl methyl sites for hydroxylation is 2. The highest BCUT2D eigenvalue weighted by Crippen LogP contribution is 2.29. The Bertz CT molecular complexity index is 1240. The number of hydrogen-bond donors (Lipinski definition) is 1. The van der Waals surface area contributed by atoms with Gasteiger partial charge in [0.05, 0.1) is 0 Å². The molecule has 4 aromatic rings. The zero-order chi connectivity index (χ0) is 20.5. The van der Waals surface area contributed by atoms with E-state index >= 15 is 0 Å². The van der Waals surface area contributed by atoms with Crippen molar-refractivity contribution < 1.29 is 18.4 Å². The van der Waals surface area contributed by atoms with Gasteiger partial charge in [-0.1, -0.05) is 35.9 Å². The Morgan fingerprint density at radius 1 is 0.897 bits per heavy atom. The molecule has 5 heteroatoms. The van der Waals surface area contributed by atoms with Crippen LogP contribution in [0, 0.1) is 19.7 Å². The largest absolute Gasteiger partial charge is 0.452 e. The van der Waals surface area contributed by atoms with E-state index in [-0.39, 0.29) is 17.1 Å². The lowest BCUT2D eigenvalue weighted by Crippen LogP contribution is -2.11. The van der Waals surface area contributed by atoms with Gasteiger partial charge in [-0.15, -0.1) is 0 Å². The first kappa shape index (κ1) is 18.6. The number of carbonyl (C=O) groups is 2. The first-order valence-electron chi connectivity index (χ1n) is 9.14. The van der Waals surface area contributed by atoms with Gasteiger partial charge in [0.2, 0.25) is 5.78 Å². The number of fused-ring (bicyclic) bond motifs is 1. The molecule has 0 radical (unpaired) electrons. The van der Waals surface area contributed by atoms with Crippen LogP contribution in [0.15, 0.2) is 71.1 Å². The summed E-state index contributed by atoms with van der Waals surface area (Å²) in [4.78, 5) is 25.2. The van der Waals surface area contributed by atoms with Crippen molar-refractivity contribution in [2.45, 2.75) is 13.8 Å². The topological polar surface area (TPSA) is 59.3 Å². The summed E-state index contributed by atoms with van der Waals surface area (Å²) in [7, 11) is 0. The maximum Gasteiger partial charge on any atom is 0.255 e. The number of rotatable bonds is 4. The van der Waals surface area contributed by atoms with Crippen LogP contribution in [0.1, 0.15) is 37.6 Å². The number of amides is 1. The number of halogens is 1. The molecule has 144 valence electrons. The van der Waals surface area contributed by atoms with E-state index in [1.807, 2.05) is 26.0 Å². The van der Waals surface area contributed by atoms with Gasteiger partial charge in [-0.25, -0.2) is 4.39 Å². The standard InChI is InChI=1S/C24H18FNO3/c1-14-6-8-16(9-7-14)22(27)23-15(2)20-13-19(10-11-21(20)29-23)26-24(28)17-4-3-5-18(25)12-17/h3-13H,1-2H3,(H,26,28). The molecule has 0 bridgehead atoms. The molecule has 0 unspecified atom stereocenters. The fourth-order valence-corrected chi connectivity index (χ4v) is 3.18. The molecule has 4 rings (SSSR count). The number of carbonyl (C=O) groups excluding carboxylic acids is 2. The molecule has 0 atom stereocenters. The van der Waals surface area contributed by atoms with Crippen molar-refractivity contribution in [3.63, 3.8) is 0 Å². The molecule has 4 nitrogen and oxygen atoms in total. The van der Waals surface area contributed by atoms with Crippen LogP contribution >= 0.6 is 0 Å². The smallest absolute Gasteiger partial charge is 0.255 e. The van der Waals surface area contributed by atoms with Crippen LogP contribution in [0.3, 0.4) is 0 Å². The first-order chi connectivity index (χ1) is 13.9. The summed E-state index contributed by atoms with van der Waals surface area (Å²) in [5.74, 6) is -0.805. The van der Waals surface area contributed by atoms with Gasteiger partial charge in [0, 0.05) is 27.8 Å². The van der Waals surface area contributed by atoms with E-state index < -0.39 is 11.7 Å². The van der Waals surface area contributed by atoms with E-state index in [0.29, 0.717) is 22.4 Å². The van der Waals surface area contributed by atoms with Crippen molar-refractivity contribution >= 4 is 28.3 Å². The summed E-state index contributed by atoms with van der Waals surface area (Å²) in [5, 5.41) is 3.48. The summed E-state index contributed by atoms with van der Waals surface area (Å²) in [6, 6.07) is 17.9. The molecule has 0 saturated carbocycles. The SMILES string of the molecule is Cc1ccc(C(=O)c2oc3ccc(NC(=O)c4cccc(F)c4)cc3c2C)cc1. The van der Waals surface area contributed by atoms with Crippen molar-refractivity contribution in [3.8, 4) is 0 Å². The Morgan fingerprint density at radius 2 is 1.66 bits per heavy atom. The molecule has 29 heavy (non-hydrogen) atoms. The highest BCUT2D eigenvalue weighted by atomic mass is 19.1. The predicted molar refractivity (Wildman–Crippen MR) is 110 cm³/mol. The van der Waals surface area contributed by atoms with Gasteiger partial charge in [-0.2, -0.15) is 0 Å². The summed E-state index contributed by atoms with van der Waals surface area (Å²) in [6.45, 7) is 3.77. The van der Waals surface area contributed by atoms with E-state index in [9.17, 15) is 14.0 Å². The number of furan rings is 1. The van der Waals surface area contributed by atoms with Crippen molar-refractivity contribution in [2.75, 3.05) is 5.32 Å². The molecular formula is C24H18FNO3. The number of hydrogen-bond acceptors (Lipinski definition) is 3. The molecule has 1 heterocycles. The monoisotopic (exact) mass is 387 g/mol.